The Bertz CT molecular complexity index is 488. The molecule has 4 heteroatoms. The number of nitrogens with zero attached hydrogens (tertiary/aromatic N) is 2. The molecule has 0 atom stereocenters. The van der Waals surface area contributed by atoms with Crippen molar-refractivity contribution in [2.45, 2.75) is 6.92 Å². The average molecular weight is 221 g/mol. The van der Waals surface area contributed by atoms with Crippen molar-refractivity contribution in [3.8, 4) is 5.69 Å². The molecule has 0 aliphatic heterocycles. The van der Waals surface area contributed by atoms with Crippen LogP contribution in [0.25, 0.3) is 5.69 Å². The molecule has 0 aliphatic carbocycles. The highest BCUT2D eigenvalue weighted by molar-refractivity contribution is 6.30. The average Bonchev–Trinajstić information content (AvgIpc) is 2.61. The molecule has 1 aromatic heterocycles. The Morgan fingerprint density at radius 1 is 1.33 bits per heavy atom. The van der Waals surface area contributed by atoms with Crippen molar-refractivity contribution >= 4 is 17.9 Å². The minimum atomic E-state index is 0.463. The lowest BCUT2D eigenvalue weighted by atomic mass is 10.3. The molecule has 3 nitrogen and oxygen atoms in total. The molecule has 2 rings (SSSR count). The summed E-state index contributed by atoms with van der Waals surface area (Å²) in [5, 5.41) is 4.81. The predicted molar refractivity (Wildman–Crippen MR) is 58.7 cm³/mol. The summed E-state index contributed by atoms with van der Waals surface area (Å²) in [6.45, 7) is 1.85. The first kappa shape index (κ1) is 9.93. The number of aryl methyl sites for hydroxylation is 1. The van der Waals surface area contributed by atoms with Crippen molar-refractivity contribution in [2.24, 2.45) is 0 Å². The van der Waals surface area contributed by atoms with Gasteiger partial charge in [-0.15, -0.1) is 0 Å². The van der Waals surface area contributed by atoms with Crippen molar-refractivity contribution in [3.63, 3.8) is 0 Å². The lowest BCUT2D eigenvalue weighted by Gasteiger charge is -1.99. The van der Waals surface area contributed by atoms with E-state index >= 15 is 0 Å². The second-order valence-electron chi connectivity index (χ2n) is 3.24. The van der Waals surface area contributed by atoms with Crippen LogP contribution in [0.15, 0.2) is 30.5 Å². The van der Waals surface area contributed by atoms with Crippen LogP contribution >= 0.6 is 11.6 Å². The summed E-state index contributed by atoms with van der Waals surface area (Å²) in [6.07, 6.45) is 2.56. The Labute approximate surface area is 92.3 Å². The molecule has 0 spiro atoms. The van der Waals surface area contributed by atoms with Crippen LogP contribution in [0.2, 0.25) is 5.02 Å². The first-order chi connectivity index (χ1) is 7.20. The fourth-order valence-electron chi connectivity index (χ4n) is 1.32. The van der Waals surface area contributed by atoms with Gasteiger partial charge in [-0.05, 0) is 36.8 Å². The Balaban J connectivity index is 2.45. The molecule has 1 aromatic carbocycles. The van der Waals surface area contributed by atoms with Crippen LogP contribution in [0.4, 0.5) is 0 Å². The molecule has 0 N–H and O–H groups in total. The Hall–Kier alpha value is -1.61. The summed E-state index contributed by atoms with van der Waals surface area (Å²) in [7, 11) is 0. The summed E-state index contributed by atoms with van der Waals surface area (Å²) in [5.74, 6) is 0. The lowest BCUT2D eigenvalue weighted by molar-refractivity contribution is 0.111. The van der Waals surface area contributed by atoms with E-state index < -0.39 is 0 Å². The molecular weight excluding hydrogens is 212 g/mol. The number of carbonyl (C=O) groups excluding carboxylic acids is 1. The van der Waals surface area contributed by atoms with E-state index in [2.05, 4.69) is 5.10 Å². The van der Waals surface area contributed by atoms with Gasteiger partial charge >= 0.3 is 0 Å². The molecule has 0 aliphatic rings. The number of benzene rings is 1. The van der Waals surface area contributed by atoms with Crippen LogP contribution in [0.3, 0.4) is 0 Å². The van der Waals surface area contributed by atoms with Gasteiger partial charge in [0, 0.05) is 11.2 Å². The number of hydrogen-bond donors (Lipinski definition) is 0. The summed E-state index contributed by atoms with van der Waals surface area (Å²) in [4.78, 5) is 10.6. The first-order valence-electron chi connectivity index (χ1n) is 4.48. The largest absolute Gasteiger partial charge is 0.296 e. The van der Waals surface area contributed by atoms with Crippen LogP contribution < -0.4 is 0 Å². The van der Waals surface area contributed by atoms with E-state index in [1.54, 1.807) is 16.8 Å². The highest BCUT2D eigenvalue weighted by Gasteiger charge is 2.04. The van der Waals surface area contributed by atoms with Gasteiger partial charge < -0.3 is 0 Å². The fraction of sp³-hybridized carbons (Fsp3) is 0.0909. The second-order valence-corrected chi connectivity index (χ2v) is 3.67. The number of aromatic nitrogens is 2. The molecule has 0 radical (unpaired) electrons. The molecule has 0 saturated heterocycles. The van der Waals surface area contributed by atoms with E-state index in [-0.39, 0.29) is 0 Å². The number of halogens is 1. The normalized spacial score (nSPS) is 10.3. The third-order valence-corrected chi connectivity index (χ3v) is 2.39. The van der Waals surface area contributed by atoms with Gasteiger partial charge in [-0.3, -0.25) is 4.79 Å². The first-order valence-corrected chi connectivity index (χ1v) is 4.86. The molecule has 0 amide bonds. The topological polar surface area (TPSA) is 34.9 Å². The predicted octanol–water partition coefficient (Wildman–Crippen LogP) is 2.65. The minimum Gasteiger partial charge on any atom is -0.296 e. The van der Waals surface area contributed by atoms with Crippen molar-refractivity contribution < 1.29 is 4.79 Å². The fourth-order valence-corrected chi connectivity index (χ4v) is 1.44. The molecule has 1 heterocycles. The van der Waals surface area contributed by atoms with Gasteiger partial charge in [-0.1, -0.05) is 11.6 Å². The standard InChI is InChI=1S/C11H9ClN2O/c1-8-6-14(13-11(8)7-15)10-4-2-9(12)3-5-10/h2-7H,1H3. The summed E-state index contributed by atoms with van der Waals surface area (Å²) in [6, 6.07) is 7.27. The van der Waals surface area contributed by atoms with Gasteiger partial charge in [0.15, 0.2) is 6.29 Å². The molecule has 15 heavy (non-hydrogen) atoms. The van der Waals surface area contributed by atoms with Crippen LogP contribution in [-0.2, 0) is 0 Å². The minimum absolute atomic E-state index is 0.463. The molecule has 0 fully saturated rings. The van der Waals surface area contributed by atoms with Gasteiger partial charge in [0.25, 0.3) is 0 Å². The van der Waals surface area contributed by atoms with Gasteiger partial charge in [0.2, 0.25) is 0 Å². The van der Waals surface area contributed by atoms with E-state index in [1.165, 1.54) is 0 Å². The van der Waals surface area contributed by atoms with Gasteiger partial charge in [0.05, 0.1) is 5.69 Å². The molecule has 76 valence electrons. The zero-order valence-electron chi connectivity index (χ0n) is 8.14. The maximum Gasteiger partial charge on any atom is 0.170 e. The third-order valence-electron chi connectivity index (χ3n) is 2.14. The zero-order valence-corrected chi connectivity index (χ0v) is 8.90. The van der Waals surface area contributed by atoms with Gasteiger partial charge in [0.1, 0.15) is 5.69 Å². The quantitative estimate of drug-likeness (QED) is 0.730. The van der Waals surface area contributed by atoms with Gasteiger partial charge in [-0.25, -0.2) is 4.68 Å². The van der Waals surface area contributed by atoms with E-state index in [0.717, 1.165) is 17.5 Å². The molecule has 2 aromatic rings. The number of rotatable bonds is 2. The Morgan fingerprint density at radius 3 is 2.53 bits per heavy atom. The van der Waals surface area contributed by atoms with Gasteiger partial charge in [-0.2, -0.15) is 5.10 Å². The van der Waals surface area contributed by atoms with Crippen molar-refractivity contribution in [1.82, 2.24) is 9.78 Å². The van der Waals surface area contributed by atoms with Crippen molar-refractivity contribution in [2.75, 3.05) is 0 Å². The van der Waals surface area contributed by atoms with Crippen LogP contribution in [0, 0.1) is 6.92 Å². The molecule has 0 bridgehead atoms. The monoisotopic (exact) mass is 220 g/mol. The highest BCUT2D eigenvalue weighted by atomic mass is 35.5. The maximum absolute atomic E-state index is 10.6. The summed E-state index contributed by atoms with van der Waals surface area (Å²) >= 11 is 5.78. The summed E-state index contributed by atoms with van der Waals surface area (Å²) < 4.78 is 1.66. The van der Waals surface area contributed by atoms with E-state index in [0.29, 0.717) is 10.7 Å². The highest BCUT2D eigenvalue weighted by Crippen LogP contribution is 2.14. The number of aldehydes is 1. The molecule has 0 unspecified atom stereocenters. The van der Waals surface area contributed by atoms with Crippen LogP contribution in [0.1, 0.15) is 16.1 Å². The lowest BCUT2D eigenvalue weighted by Crippen LogP contribution is -1.94. The summed E-state index contributed by atoms with van der Waals surface area (Å²) in [5.41, 5.74) is 2.21. The molecule has 0 saturated carbocycles. The van der Waals surface area contributed by atoms with Crippen LogP contribution in [0.5, 0.6) is 0 Å². The SMILES string of the molecule is Cc1cn(-c2ccc(Cl)cc2)nc1C=O. The molecular formula is C11H9ClN2O. The van der Waals surface area contributed by atoms with E-state index in [4.69, 9.17) is 11.6 Å². The van der Waals surface area contributed by atoms with Crippen molar-refractivity contribution in [3.05, 3.63) is 46.7 Å². The van der Waals surface area contributed by atoms with E-state index in [9.17, 15) is 4.79 Å². The maximum atomic E-state index is 10.6. The Morgan fingerprint density at radius 2 is 2.00 bits per heavy atom. The van der Waals surface area contributed by atoms with Crippen LogP contribution in [-0.4, -0.2) is 16.1 Å². The third kappa shape index (κ3) is 1.92. The smallest absolute Gasteiger partial charge is 0.170 e. The zero-order chi connectivity index (χ0) is 10.8. The van der Waals surface area contributed by atoms with Crippen molar-refractivity contribution in [1.29, 1.82) is 0 Å². The second kappa shape index (κ2) is 3.87. The number of hydrogen-bond acceptors (Lipinski definition) is 2. The van der Waals surface area contributed by atoms with E-state index in [1.807, 2.05) is 25.3 Å². The number of carbonyl (C=O) groups is 1. The Kier molecular flexibility index (Phi) is 2.56.